The van der Waals surface area contributed by atoms with E-state index in [4.69, 9.17) is 14.5 Å². The Morgan fingerprint density at radius 3 is 2.25 bits per heavy atom. The van der Waals surface area contributed by atoms with Gasteiger partial charge in [0.2, 0.25) is 0 Å². The number of hydrogen-bond acceptors (Lipinski definition) is 5. The van der Waals surface area contributed by atoms with Crippen molar-refractivity contribution in [2.75, 3.05) is 24.6 Å². The van der Waals surface area contributed by atoms with Gasteiger partial charge in [-0.05, 0) is 94.7 Å². The maximum atomic E-state index is 13.2. The van der Waals surface area contributed by atoms with Crippen LogP contribution in [0.3, 0.4) is 0 Å². The van der Waals surface area contributed by atoms with Crippen LogP contribution in [0.1, 0.15) is 94.3 Å². The lowest BCUT2D eigenvalue weighted by molar-refractivity contribution is -0.160. The van der Waals surface area contributed by atoms with E-state index in [-0.39, 0.29) is 11.2 Å². The molecule has 2 fully saturated rings. The summed E-state index contributed by atoms with van der Waals surface area (Å²) in [6.07, 6.45) is 8.21. The summed E-state index contributed by atoms with van der Waals surface area (Å²) >= 11 is 0. The molecule has 5 rings (SSSR count). The zero-order chi connectivity index (χ0) is 31.5. The smallest absolute Gasteiger partial charge is 0.337 e. The van der Waals surface area contributed by atoms with E-state index in [0.29, 0.717) is 24.3 Å². The number of aryl methyl sites for hydroxylation is 2. The molecule has 2 aliphatic rings. The molecule has 0 radical (unpaired) electrons. The molecule has 44 heavy (non-hydrogen) atoms. The van der Waals surface area contributed by atoms with Crippen molar-refractivity contribution in [2.45, 2.75) is 97.7 Å². The zero-order valence-corrected chi connectivity index (χ0v) is 26.9. The zero-order valence-electron chi connectivity index (χ0n) is 26.9. The fraction of sp³-hybridized carbons (Fsp3) is 0.514. The molecule has 236 valence electrons. The molecule has 1 saturated carbocycles. The number of aliphatic carboxylic acids is 1. The normalized spacial score (nSPS) is 17.5. The largest absolute Gasteiger partial charge is 0.493 e. The van der Waals surface area contributed by atoms with E-state index in [1.165, 1.54) is 50.7 Å². The molecule has 7 heteroatoms. The molecular formula is C37H47FN2O4. The third kappa shape index (κ3) is 7.43. The Morgan fingerprint density at radius 2 is 1.64 bits per heavy atom. The summed E-state index contributed by atoms with van der Waals surface area (Å²) in [6.45, 7) is 11.9. The van der Waals surface area contributed by atoms with Crippen molar-refractivity contribution in [3.63, 3.8) is 0 Å². The lowest BCUT2D eigenvalue weighted by Gasteiger charge is -2.34. The summed E-state index contributed by atoms with van der Waals surface area (Å²) in [6, 6.07) is 14.5. The number of carboxylic acid groups (broad SMARTS) is 1. The minimum Gasteiger partial charge on any atom is -0.493 e. The number of nitrogens with zero attached hydrogens (tertiary/aromatic N) is 2. The molecule has 1 spiro atoms. The molecule has 1 N–H and O–H groups in total. The Kier molecular flexibility index (Phi) is 9.64. The number of pyridine rings is 1. The summed E-state index contributed by atoms with van der Waals surface area (Å²) in [5.74, 6) is -0.505. The quantitative estimate of drug-likeness (QED) is 0.264. The number of halogens is 1. The van der Waals surface area contributed by atoms with Gasteiger partial charge in [0.15, 0.2) is 6.10 Å². The first kappa shape index (κ1) is 32.0. The monoisotopic (exact) mass is 602 g/mol. The van der Waals surface area contributed by atoms with Crippen LogP contribution in [-0.2, 0) is 16.0 Å². The van der Waals surface area contributed by atoms with Crippen molar-refractivity contribution in [1.82, 2.24) is 4.98 Å². The molecule has 1 aromatic heterocycles. The van der Waals surface area contributed by atoms with Gasteiger partial charge < -0.3 is 19.5 Å². The number of ether oxygens (including phenoxy) is 2. The Balaban J connectivity index is 1.51. The second kappa shape index (κ2) is 13.3. The van der Waals surface area contributed by atoms with E-state index >= 15 is 0 Å². The number of anilines is 1. The molecule has 1 atom stereocenters. The van der Waals surface area contributed by atoms with Crippen molar-refractivity contribution >= 4 is 11.7 Å². The predicted molar refractivity (Wildman–Crippen MR) is 173 cm³/mol. The molecule has 3 aromatic rings. The molecule has 0 amide bonds. The standard InChI is InChI=1S/C37H47FN2O4/c1-25-31(28-12-16-30(17-13-28)43-23-18-27-10-14-29(38)15-11-27)33(40-22-21-37(24-40)19-8-6-7-9-20-37)32(26(2)39-25)34(35(41)42)44-36(3,4)5/h10-17,34H,6-9,18-24H2,1-5H3,(H,41,42). The molecular weight excluding hydrogens is 555 g/mol. The van der Waals surface area contributed by atoms with Crippen molar-refractivity contribution in [3.05, 3.63) is 76.9 Å². The van der Waals surface area contributed by atoms with Gasteiger partial charge in [-0.1, -0.05) is 49.9 Å². The van der Waals surface area contributed by atoms with Crippen LogP contribution >= 0.6 is 0 Å². The lowest BCUT2D eigenvalue weighted by atomic mass is 9.80. The molecule has 1 aliphatic carbocycles. The molecule has 0 bridgehead atoms. The van der Waals surface area contributed by atoms with Crippen LogP contribution in [0.15, 0.2) is 48.5 Å². The number of carbonyl (C=O) groups is 1. The summed E-state index contributed by atoms with van der Waals surface area (Å²) in [5, 5.41) is 10.5. The van der Waals surface area contributed by atoms with Gasteiger partial charge in [-0.15, -0.1) is 0 Å². The summed E-state index contributed by atoms with van der Waals surface area (Å²) < 4.78 is 25.5. The van der Waals surface area contributed by atoms with Gasteiger partial charge in [0.25, 0.3) is 0 Å². The maximum absolute atomic E-state index is 13.2. The molecule has 1 aliphatic heterocycles. The van der Waals surface area contributed by atoms with Crippen LogP contribution in [-0.4, -0.2) is 41.4 Å². The highest BCUT2D eigenvalue weighted by Crippen LogP contribution is 2.49. The Hall–Kier alpha value is -3.45. The van der Waals surface area contributed by atoms with Gasteiger partial charge in [-0.2, -0.15) is 0 Å². The Labute approximate surface area is 261 Å². The van der Waals surface area contributed by atoms with Crippen LogP contribution in [0.2, 0.25) is 0 Å². The first-order valence-electron chi connectivity index (χ1n) is 16.1. The van der Waals surface area contributed by atoms with Crippen LogP contribution in [0.25, 0.3) is 11.1 Å². The molecule has 1 unspecified atom stereocenters. The van der Waals surface area contributed by atoms with Crippen LogP contribution in [0.4, 0.5) is 10.1 Å². The highest BCUT2D eigenvalue weighted by Gasteiger charge is 2.42. The van der Waals surface area contributed by atoms with Crippen LogP contribution in [0.5, 0.6) is 5.75 Å². The van der Waals surface area contributed by atoms with Gasteiger partial charge in [0.05, 0.1) is 17.9 Å². The molecule has 2 heterocycles. The topological polar surface area (TPSA) is 71.9 Å². The number of carboxylic acids is 1. The Morgan fingerprint density at radius 1 is 0.977 bits per heavy atom. The average Bonchev–Trinajstić information content (AvgIpc) is 3.24. The molecule has 6 nitrogen and oxygen atoms in total. The lowest BCUT2D eigenvalue weighted by Crippen LogP contribution is -2.32. The summed E-state index contributed by atoms with van der Waals surface area (Å²) in [7, 11) is 0. The third-order valence-corrected chi connectivity index (χ3v) is 9.17. The SMILES string of the molecule is Cc1nc(C)c(C(OC(C)(C)C)C(=O)O)c(N2CCC3(CCCCCC3)C2)c1-c1ccc(OCCc2ccc(F)cc2)cc1. The second-order valence-electron chi connectivity index (χ2n) is 13.7. The van der Waals surface area contributed by atoms with E-state index in [0.717, 1.165) is 53.3 Å². The van der Waals surface area contributed by atoms with Gasteiger partial charge in [-0.25, -0.2) is 9.18 Å². The number of hydrogen-bond donors (Lipinski definition) is 1. The van der Waals surface area contributed by atoms with Gasteiger partial charge >= 0.3 is 5.97 Å². The Bertz CT molecular complexity index is 1440. The minimum atomic E-state index is -1.14. The fourth-order valence-corrected chi connectivity index (χ4v) is 7.09. The number of aromatic nitrogens is 1. The number of benzene rings is 2. The maximum Gasteiger partial charge on any atom is 0.337 e. The first-order chi connectivity index (χ1) is 20.9. The first-order valence-corrected chi connectivity index (χ1v) is 16.1. The van der Waals surface area contributed by atoms with Crippen molar-refractivity contribution < 1.29 is 23.8 Å². The minimum absolute atomic E-state index is 0.244. The van der Waals surface area contributed by atoms with Gasteiger partial charge in [0.1, 0.15) is 11.6 Å². The van der Waals surface area contributed by atoms with Gasteiger partial charge in [-0.3, -0.25) is 4.98 Å². The predicted octanol–water partition coefficient (Wildman–Crippen LogP) is 8.62. The number of rotatable bonds is 9. The van der Waals surface area contributed by atoms with Crippen molar-refractivity contribution in [2.24, 2.45) is 5.41 Å². The van der Waals surface area contributed by atoms with Crippen molar-refractivity contribution in [3.8, 4) is 16.9 Å². The fourth-order valence-electron chi connectivity index (χ4n) is 7.09. The van der Waals surface area contributed by atoms with Crippen molar-refractivity contribution in [1.29, 1.82) is 0 Å². The highest BCUT2D eigenvalue weighted by molar-refractivity contribution is 5.88. The van der Waals surface area contributed by atoms with Crippen LogP contribution in [0, 0.1) is 25.1 Å². The van der Waals surface area contributed by atoms with E-state index < -0.39 is 17.7 Å². The van der Waals surface area contributed by atoms with Crippen LogP contribution < -0.4 is 9.64 Å². The van der Waals surface area contributed by atoms with E-state index in [1.807, 2.05) is 58.9 Å². The highest BCUT2D eigenvalue weighted by atomic mass is 19.1. The molecule has 2 aromatic carbocycles. The summed E-state index contributed by atoms with van der Waals surface area (Å²) in [5.41, 5.74) is 5.71. The van der Waals surface area contributed by atoms with E-state index in [2.05, 4.69) is 4.90 Å². The summed E-state index contributed by atoms with van der Waals surface area (Å²) in [4.78, 5) is 20.2. The second-order valence-corrected chi connectivity index (χ2v) is 13.7. The van der Waals surface area contributed by atoms with E-state index in [1.54, 1.807) is 12.1 Å². The molecule has 1 saturated heterocycles. The average molecular weight is 603 g/mol. The van der Waals surface area contributed by atoms with Gasteiger partial charge in [0, 0.05) is 42.0 Å². The third-order valence-electron chi connectivity index (χ3n) is 9.17. The van der Waals surface area contributed by atoms with E-state index in [9.17, 15) is 14.3 Å².